The van der Waals surface area contributed by atoms with Crippen molar-refractivity contribution in [3.8, 4) is 5.75 Å². The molecule has 0 saturated carbocycles. The number of furan rings is 1. The molecule has 2 aromatic rings. The third-order valence-corrected chi connectivity index (χ3v) is 8.08. The maximum atomic E-state index is 14.1. The van der Waals surface area contributed by atoms with Crippen LogP contribution >= 0.6 is 0 Å². The van der Waals surface area contributed by atoms with Crippen LogP contribution in [-0.4, -0.2) is 56.0 Å². The molecule has 1 aromatic carbocycles. The lowest BCUT2D eigenvalue weighted by Crippen LogP contribution is -2.47. The van der Waals surface area contributed by atoms with Crippen molar-refractivity contribution in [2.75, 3.05) is 29.5 Å². The molecule has 4 rings (SSSR count). The number of amides is 1. The smallest absolute Gasteiger partial charge is 0.264 e. The van der Waals surface area contributed by atoms with Gasteiger partial charge >= 0.3 is 0 Å². The summed E-state index contributed by atoms with van der Waals surface area (Å²) < 4.78 is 50.2. The number of carbonyl (C=O) groups excluding carboxylic acids is 1. The highest BCUT2D eigenvalue weighted by molar-refractivity contribution is 7.91. The number of sulfone groups is 1. The summed E-state index contributed by atoms with van der Waals surface area (Å²) in [4.78, 5) is 17.3. The number of halogens is 1. The van der Waals surface area contributed by atoms with Crippen LogP contribution in [0.25, 0.3) is 0 Å². The van der Waals surface area contributed by atoms with Gasteiger partial charge in [0.05, 0.1) is 18.1 Å². The van der Waals surface area contributed by atoms with Crippen molar-refractivity contribution in [3.05, 3.63) is 48.0 Å². The van der Waals surface area contributed by atoms with Crippen molar-refractivity contribution in [3.63, 3.8) is 0 Å². The molecule has 2 fully saturated rings. The molecule has 2 saturated heterocycles. The number of para-hydroxylation sites is 1. The molecule has 1 amide bonds. The SMILES string of the molecule is CCC(Oc1ccccc1F)C(=O)N(Cc1ccc(N2CCCCC2)o1)C1CCS(=O)(=O)C1. The summed E-state index contributed by atoms with van der Waals surface area (Å²) in [6, 6.07) is 9.23. The maximum Gasteiger partial charge on any atom is 0.264 e. The van der Waals surface area contributed by atoms with Crippen LogP contribution in [0.1, 0.15) is 44.8 Å². The van der Waals surface area contributed by atoms with Gasteiger partial charge in [-0.2, -0.15) is 0 Å². The zero-order chi connectivity index (χ0) is 23.4. The average molecular weight is 479 g/mol. The van der Waals surface area contributed by atoms with Gasteiger partial charge in [0.25, 0.3) is 5.91 Å². The minimum Gasteiger partial charge on any atom is -0.478 e. The molecule has 0 bridgehead atoms. The highest BCUT2D eigenvalue weighted by Gasteiger charge is 2.38. The molecular weight excluding hydrogens is 447 g/mol. The molecule has 9 heteroatoms. The summed E-state index contributed by atoms with van der Waals surface area (Å²) >= 11 is 0. The Labute approximate surface area is 194 Å². The van der Waals surface area contributed by atoms with Gasteiger partial charge in [-0.3, -0.25) is 4.79 Å². The Morgan fingerprint density at radius 3 is 2.64 bits per heavy atom. The number of piperidine rings is 1. The molecule has 3 heterocycles. The number of benzene rings is 1. The van der Waals surface area contributed by atoms with Gasteiger partial charge in [0.1, 0.15) is 5.76 Å². The first-order valence-electron chi connectivity index (χ1n) is 11.6. The molecule has 180 valence electrons. The lowest BCUT2D eigenvalue weighted by molar-refractivity contribution is -0.142. The van der Waals surface area contributed by atoms with Gasteiger partial charge in [0.2, 0.25) is 0 Å². The van der Waals surface area contributed by atoms with Crippen LogP contribution in [0.5, 0.6) is 5.75 Å². The molecule has 33 heavy (non-hydrogen) atoms. The van der Waals surface area contributed by atoms with Gasteiger partial charge in [-0.1, -0.05) is 19.1 Å². The summed E-state index contributed by atoms with van der Waals surface area (Å²) in [6.07, 6.45) is 3.20. The lowest BCUT2D eigenvalue weighted by Gasteiger charge is -2.31. The third kappa shape index (κ3) is 5.69. The predicted octanol–water partition coefficient (Wildman–Crippen LogP) is 3.78. The number of hydrogen-bond acceptors (Lipinski definition) is 6. The monoisotopic (exact) mass is 478 g/mol. The molecule has 2 aliphatic rings. The van der Waals surface area contributed by atoms with Gasteiger partial charge in [0, 0.05) is 25.2 Å². The molecule has 0 spiro atoms. The van der Waals surface area contributed by atoms with Crippen molar-refractivity contribution in [1.29, 1.82) is 0 Å². The summed E-state index contributed by atoms with van der Waals surface area (Å²) in [6.45, 7) is 3.80. The van der Waals surface area contributed by atoms with E-state index in [-0.39, 0.29) is 29.7 Å². The zero-order valence-electron chi connectivity index (χ0n) is 18.9. The third-order valence-electron chi connectivity index (χ3n) is 6.33. The lowest BCUT2D eigenvalue weighted by atomic mass is 10.1. The predicted molar refractivity (Wildman–Crippen MR) is 123 cm³/mol. The van der Waals surface area contributed by atoms with E-state index in [1.807, 2.05) is 12.1 Å². The number of anilines is 1. The molecule has 2 unspecified atom stereocenters. The van der Waals surface area contributed by atoms with Crippen molar-refractivity contribution in [1.82, 2.24) is 4.90 Å². The molecule has 7 nitrogen and oxygen atoms in total. The molecule has 0 radical (unpaired) electrons. The second kappa shape index (κ2) is 10.2. The van der Waals surface area contributed by atoms with E-state index in [2.05, 4.69) is 4.90 Å². The van der Waals surface area contributed by atoms with E-state index >= 15 is 0 Å². The number of hydrogen-bond donors (Lipinski definition) is 0. The minimum atomic E-state index is -3.21. The van der Waals surface area contributed by atoms with Gasteiger partial charge in [-0.25, -0.2) is 12.8 Å². The van der Waals surface area contributed by atoms with Crippen molar-refractivity contribution in [2.45, 2.75) is 57.7 Å². The summed E-state index contributed by atoms with van der Waals surface area (Å²) in [5, 5.41) is 0. The molecule has 0 N–H and O–H groups in total. The van der Waals surface area contributed by atoms with E-state index in [1.54, 1.807) is 24.0 Å². The quantitative estimate of drug-likeness (QED) is 0.575. The van der Waals surface area contributed by atoms with Gasteiger partial charge in [-0.05, 0) is 50.3 Å². The van der Waals surface area contributed by atoms with Crippen molar-refractivity contribution in [2.24, 2.45) is 0 Å². The zero-order valence-corrected chi connectivity index (χ0v) is 19.7. The normalized spacial score (nSPS) is 21.0. The van der Waals surface area contributed by atoms with Crippen LogP contribution in [0.4, 0.5) is 10.3 Å². The Kier molecular flexibility index (Phi) is 7.26. The number of ether oxygens (including phenoxy) is 1. The first-order valence-corrected chi connectivity index (χ1v) is 13.4. The molecular formula is C24H31FN2O5S. The highest BCUT2D eigenvalue weighted by Crippen LogP contribution is 2.27. The summed E-state index contributed by atoms with van der Waals surface area (Å²) in [5.41, 5.74) is 0. The largest absolute Gasteiger partial charge is 0.478 e. The van der Waals surface area contributed by atoms with E-state index in [4.69, 9.17) is 9.15 Å². The van der Waals surface area contributed by atoms with Crippen LogP contribution in [0.15, 0.2) is 40.8 Å². The molecule has 2 atom stereocenters. The number of nitrogens with zero attached hydrogens (tertiary/aromatic N) is 2. The highest BCUT2D eigenvalue weighted by atomic mass is 32.2. The van der Waals surface area contributed by atoms with E-state index in [1.165, 1.54) is 18.6 Å². The Morgan fingerprint density at radius 1 is 1.21 bits per heavy atom. The van der Waals surface area contributed by atoms with Crippen LogP contribution in [0.3, 0.4) is 0 Å². The molecule has 2 aliphatic heterocycles. The summed E-state index contributed by atoms with van der Waals surface area (Å²) in [7, 11) is -3.21. The Bertz CT molecular complexity index is 1060. The summed E-state index contributed by atoms with van der Waals surface area (Å²) in [5.74, 6) is 0.412. The fourth-order valence-electron chi connectivity index (χ4n) is 4.50. The number of rotatable bonds is 8. The Morgan fingerprint density at radius 2 is 1.97 bits per heavy atom. The fraction of sp³-hybridized carbons (Fsp3) is 0.542. The number of carbonyl (C=O) groups is 1. The minimum absolute atomic E-state index is 0.00192. The first-order chi connectivity index (χ1) is 15.9. The maximum absolute atomic E-state index is 14.1. The van der Waals surface area contributed by atoms with Crippen molar-refractivity contribution < 1.29 is 26.8 Å². The van der Waals surface area contributed by atoms with E-state index < -0.39 is 27.8 Å². The fourth-order valence-corrected chi connectivity index (χ4v) is 6.23. The molecule has 0 aliphatic carbocycles. The molecule has 1 aromatic heterocycles. The Balaban J connectivity index is 1.54. The van der Waals surface area contributed by atoms with Crippen molar-refractivity contribution >= 4 is 21.6 Å². The van der Waals surface area contributed by atoms with Crippen LogP contribution in [0.2, 0.25) is 0 Å². The van der Waals surface area contributed by atoms with E-state index in [9.17, 15) is 17.6 Å². The van der Waals surface area contributed by atoms with E-state index in [0.29, 0.717) is 18.6 Å². The van der Waals surface area contributed by atoms with Gasteiger partial charge in [0.15, 0.2) is 33.4 Å². The Hall–Kier alpha value is -2.55. The second-order valence-corrected chi connectivity index (χ2v) is 11.0. The average Bonchev–Trinajstić information content (AvgIpc) is 3.43. The van der Waals surface area contributed by atoms with Gasteiger partial charge < -0.3 is 19.0 Å². The standard InChI is InChI=1S/C24H31FN2O5S/c1-2-21(32-22-9-5-4-8-20(22)25)24(28)27(18-12-15-33(29,30)17-18)16-19-10-11-23(31-19)26-13-6-3-7-14-26/h4-5,8-11,18,21H,2-3,6-7,12-17H2,1H3. The van der Waals surface area contributed by atoms with E-state index in [0.717, 1.165) is 31.8 Å². The first kappa shape index (κ1) is 23.6. The second-order valence-electron chi connectivity index (χ2n) is 8.76. The van der Waals surface area contributed by atoms with Gasteiger partial charge in [-0.15, -0.1) is 0 Å². The van der Waals surface area contributed by atoms with Crippen LogP contribution in [0, 0.1) is 5.82 Å². The topological polar surface area (TPSA) is 80.1 Å². The van der Waals surface area contributed by atoms with Crippen LogP contribution < -0.4 is 9.64 Å². The van der Waals surface area contributed by atoms with Crippen LogP contribution in [-0.2, 0) is 21.2 Å².